The summed E-state index contributed by atoms with van der Waals surface area (Å²) < 4.78 is 18.9. The fraction of sp³-hybridized carbons (Fsp3) is 0.857. The van der Waals surface area contributed by atoms with Crippen molar-refractivity contribution in [2.45, 2.75) is 103 Å². The maximum absolute atomic E-state index is 12.7. The average Bonchev–Trinajstić information content (AvgIpc) is 2.57. The molecular formula is C21H41NO5Si. The molecule has 0 unspecified atom stereocenters. The third-order valence-corrected chi connectivity index (χ3v) is 10.2. The first kappa shape index (κ1) is 25.3. The topological polar surface area (TPSA) is 57.2 Å². The van der Waals surface area contributed by atoms with Gasteiger partial charge in [-0.1, -0.05) is 26.8 Å². The van der Waals surface area contributed by atoms with Gasteiger partial charge in [-0.2, -0.15) is 0 Å². The fourth-order valence-electron chi connectivity index (χ4n) is 3.05. The summed E-state index contributed by atoms with van der Waals surface area (Å²) in [5.41, 5.74) is 0. The summed E-state index contributed by atoms with van der Waals surface area (Å²) in [4.78, 5) is 17.7. The second kappa shape index (κ2) is 9.85. The van der Waals surface area contributed by atoms with Crippen LogP contribution < -0.4 is 0 Å². The van der Waals surface area contributed by atoms with Gasteiger partial charge in [0.1, 0.15) is 6.10 Å². The van der Waals surface area contributed by atoms with Gasteiger partial charge in [0.15, 0.2) is 14.1 Å². The van der Waals surface area contributed by atoms with Crippen molar-refractivity contribution in [3.8, 4) is 0 Å². The van der Waals surface area contributed by atoms with Gasteiger partial charge in [-0.3, -0.25) is 9.63 Å². The number of carbonyl (C=O) groups is 1. The minimum Gasteiger partial charge on any atom is -0.411 e. The SMILES string of the molecule is C=CCCC[C@@H](O[Si](C)(C)C(C)(C)C)[C@H]1C[C@H](C(=O)N(C)OC)OC(C)(C)O1. The van der Waals surface area contributed by atoms with Gasteiger partial charge in [0.05, 0.1) is 19.3 Å². The highest BCUT2D eigenvalue weighted by atomic mass is 28.4. The number of likely N-dealkylation sites (N-methyl/N-ethyl adjacent to an activating group) is 1. The van der Waals surface area contributed by atoms with Crippen LogP contribution in [0.2, 0.25) is 18.1 Å². The van der Waals surface area contributed by atoms with E-state index in [0.717, 1.165) is 19.3 Å². The lowest BCUT2D eigenvalue weighted by Crippen LogP contribution is -2.56. The molecule has 1 aliphatic heterocycles. The summed E-state index contributed by atoms with van der Waals surface area (Å²) in [5, 5.41) is 1.31. The molecular weight excluding hydrogens is 374 g/mol. The molecule has 1 heterocycles. The normalized spacial score (nSPS) is 23.9. The predicted octanol–water partition coefficient (Wildman–Crippen LogP) is 4.66. The van der Waals surface area contributed by atoms with E-state index < -0.39 is 20.2 Å². The highest BCUT2D eigenvalue weighted by Gasteiger charge is 2.46. The van der Waals surface area contributed by atoms with E-state index >= 15 is 0 Å². The molecule has 28 heavy (non-hydrogen) atoms. The Balaban J connectivity index is 3.08. The second-order valence-electron chi connectivity index (χ2n) is 9.55. The van der Waals surface area contributed by atoms with Crippen molar-refractivity contribution in [2.24, 2.45) is 0 Å². The van der Waals surface area contributed by atoms with Crippen molar-refractivity contribution < 1.29 is 23.5 Å². The highest BCUT2D eigenvalue weighted by molar-refractivity contribution is 6.74. The van der Waals surface area contributed by atoms with Gasteiger partial charge >= 0.3 is 0 Å². The van der Waals surface area contributed by atoms with Crippen LogP contribution >= 0.6 is 0 Å². The fourth-order valence-corrected chi connectivity index (χ4v) is 4.43. The van der Waals surface area contributed by atoms with Crippen LogP contribution in [0.15, 0.2) is 12.7 Å². The van der Waals surface area contributed by atoms with E-state index in [-0.39, 0.29) is 23.2 Å². The molecule has 0 radical (unpaired) electrons. The molecule has 0 aliphatic carbocycles. The molecule has 164 valence electrons. The first-order valence-corrected chi connectivity index (χ1v) is 13.1. The van der Waals surface area contributed by atoms with Crippen molar-refractivity contribution in [3.63, 3.8) is 0 Å². The lowest BCUT2D eigenvalue weighted by molar-refractivity contribution is -0.310. The summed E-state index contributed by atoms with van der Waals surface area (Å²) in [7, 11) is 1.06. The van der Waals surface area contributed by atoms with Gasteiger partial charge in [0, 0.05) is 13.5 Å². The van der Waals surface area contributed by atoms with E-state index in [1.165, 1.54) is 12.2 Å². The third kappa shape index (κ3) is 6.95. The lowest BCUT2D eigenvalue weighted by Gasteiger charge is -2.46. The molecule has 0 N–H and O–H groups in total. The monoisotopic (exact) mass is 415 g/mol. The largest absolute Gasteiger partial charge is 0.411 e. The molecule has 6 nitrogen and oxygen atoms in total. The lowest BCUT2D eigenvalue weighted by atomic mass is 9.99. The maximum Gasteiger partial charge on any atom is 0.275 e. The first-order valence-electron chi connectivity index (χ1n) is 10.2. The third-order valence-electron chi connectivity index (χ3n) is 5.73. The molecule has 0 aromatic heterocycles. The molecule has 3 atom stereocenters. The molecule has 0 bridgehead atoms. The van der Waals surface area contributed by atoms with Crippen LogP contribution in [0, 0.1) is 0 Å². The molecule has 0 aromatic rings. The number of hydroxylamine groups is 2. The van der Waals surface area contributed by atoms with Gasteiger partial charge in [0.2, 0.25) is 0 Å². The van der Waals surface area contributed by atoms with Crippen molar-refractivity contribution in [2.75, 3.05) is 14.2 Å². The molecule has 7 heteroatoms. The minimum atomic E-state index is -2.00. The summed E-state index contributed by atoms with van der Waals surface area (Å²) in [6.07, 6.45) is 4.21. The van der Waals surface area contributed by atoms with Gasteiger partial charge < -0.3 is 13.9 Å². The van der Waals surface area contributed by atoms with Crippen molar-refractivity contribution in [1.29, 1.82) is 0 Å². The first-order chi connectivity index (χ1) is 12.7. The van der Waals surface area contributed by atoms with E-state index in [1.54, 1.807) is 7.05 Å². The summed E-state index contributed by atoms with van der Waals surface area (Å²) >= 11 is 0. The van der Waals surface area contributed by atoms with Crippen molar-refractivity contribution in [3.05, 3.63) is 12.7 Å². The Kier molecular flexibility index (Phi) is 8.90. The van der Waals surface area contributed by atoms with Gasteiger partial charge in [0.25, 0.3) is 5.91 Å². The molecule has 1 aliphatic rings. The second-order valence-corrected chi connectivity index (χ2v) is 14.3. The Hall–Kier alpha value is -0.733. The molecule has 0 aromatic carbocycles. The average molecular weight is 416 g/mol. The van der Waals surface area contributed by atoms with E-state index in [2.05, 4.69) is 40.4 Å². The van der Waals surface area contributed by atoms with E-state index in [1.807, 2.05) is 19.9 Å². The standard InChI is InChI=1S/C21H41NO5Si/c1-11-12-13-14-16(27-28(9,10)20(2,3)4)17-15-18(19(23)22(7)24-8)26-21(5,6)25-17/h11,16-18H,1,12-15H2,2-10H3/t16-,17-,18-/m1/s1. The van der Waals surface area contributed by atoms with Crippen LogP contribution in [0.4, 0.5) is 0 Å². The zero-order valence-corrected chi connectivity index (χ0v) is 20.3. The predicted molar refractivity (Wildman–Crippen MR) is 114 cm³/mol. The quantitative estimate of drug-likeness (QED) is 0.237. The Bertz CT molecular complexity index is 529. The summed E-state index contributed by atoms with van der Waals surface area (Å²) in [6.45, 7) is 18.7. The van der Waals surface area contributed by atoms with E-state index in [9.17, 15) is 4.79 Å². The Labute approximate surface area is 172 Å². The molecule has 1 amide bonds. The molecule has 1 saturated heterocycles. The Morgan fingerprint density at radius 3 is 2.46 bits per heavy atom. The minimum absolute atomic E-state index is 0.0906. The van der Waals surface area contributed by atoms with Crippen LogP contribution in [-0.4, -0.2) is 57.5 Å². The number of nitrogens with zero attached hydrogens (tertiary/aromatic N) is 1. The zero-order valence-electron chi connectivity index (χ0n) is 19.3. The number of unbranched alkanes of at least 4 members (excludes halogenated alkanes) is 1. The van der Waals surface area contributed by atoms with Gasteiger partial charge in [-0.25, -0.2) is 5.06 Å². The number of hydrogen-bond acceptors (Lipinski definition) is 5. The van der Waals surface area contributed by atoms with Crippen LogP contribution in [0.5, 0.6) is 0 Å². The number of hydrogen-bond donors (Lipinski definition) is 0. The number of amides is 1. The number of carbonyl (C=O) groups excluding carboxylic acids is 1. The molecule has 1 fully saturated rings. The number of ether oxygens (including phenoxy) is 2. The number of rotatable bonds is 9. The van der Waals surface area contributed by atoms with E-state index in [4.69, 9.17) is 18.7 Å². The Morgan fingerprint density at radius 1 is 1.36 bits per heavy atom. The van der Waals surface area contributed by atoms with Gasteiger partial charge in [-0.05, 0) is 51.2 Å². The molecule has 0 spiro atoms. The Morgan fingerprint density at radius 2 is 1.96 bits per heavy atom. The van der Waals surface area contributed by atoms with Crippen molar-refractivity contribution in [1.82, 2.24) is 5.06 Å². The van der Waals surface area contributed by atoms with Crippen molar-refractivity contribution >= 4 is 14.2 Å². The molecule has 1 rings (SSSR count). The zero-order chi connectivity index (χ0) is 21.8. The van der Waals surface area contributed by atoms with Crippen LogP contribution in [0.25, 0.3) is 0 Å². The van der Waals surface area contributed by atoms with Gasteiger partial charge in [-0.15, -0.1) is 6.58 Å². The number of allylic oxidation sites excluding steroid dienone is 1. The molecule has 0 saturated carbocycles. The summed E-state index contributed by atoms with van der Waals surface area (Å²) in [5.74, 6) is -1.08. The smallest absolute Gasteiger partial charge is 0.275 e. The highest BCUT2D eigenvalue weighted by Crippen LogP contribution is 2.40. The summed E-state index contributed by atoms with van der Waals surface area (Å²) in [6, 6.07) is 0. The van der Waals surface area contributed by atoms with Crippen LogP contribution in [-0.2, 0) is 23.5 Å². The van der Waals surface area contributed by atoms with Crippen LogP contribution in [0.3, 0.4) is 0 Å². The van der Waals surface area contributed by atoms with Crippen LogP contribution in [0.1, 0.15) is 60.3 Å². The maximum atomic E-state index is 12.7. The van der Waals surface area contributed by atoms with E-state index in [0.29, 0.717) is 6.42 Å².